The number of unbranched alkanes of at least 4 members (excludes halogenated alkanes) is 8. The van der Waals surface area contributed by atoms with Gasteiger partial charge >= 0.3 is 11.9 Å². The summed E-state index contributed by atoms with van der Waals surface area (Å²) in [5, 5.41) is 31.9. The first-order valence-corrected chi connectivity index (χ1v) is 21.0. The van der Waals surface area contributed by atoms with Gasteiger partial charge in [-0.2, -0.15) is 0 Å². The van der Waals surface area contributed by atoms with Crippen LogP contribution in [0.5, 0.6) is 0 Å². The second-order valence-electron chi connectivity index (χ2n) is 14.1. The van der Waals surface area contributed by atoms with E-state index in [4.69, 9.17) is 28.0 Å². The van der Waals surface area contributed by atoms with Gasteiger partial charge in [-0.05, 0) is 109 Å². The zero-order chi connectivity index (χ0) is 41.7. The van der Waals surface area contributed by atoms with Crippen LogP contribution >= 0.6 is 0 Å². The molecule has 2 rings (SSSR count). The Morgan fingerprint density at radius 3 is 1.89 bits per heavy atom. The highest BCUT2D eigenvalue weighted by Crippen LogP contribution is 2.19. The minimum Gasteiger partial charge on any atom is -0.480 e. The third kappa shape index (κ3) is 30.5. The highest BCUT2D eigenvalue weighted by molar-refractivity contribution is 5.86. The van der Waals surface area contributed by atoms with E-state index in [-0.39, 0.29) is 18.3 Å². The van der Waals surface area contributed by atoms with E-state index < -0.39 is 24.0 Å². The van der Waals surface area contributed by atoms with Crippen molar-refractivity contribution in [1.82, 2.24) is 26.3 Å². The molecule has 0 aliphatic heterocycles. The monoisotopic (exact) mass is 791 g/mol. The quantitative estimate of drug-likeness (QED) is 0.0286. The maximum atomic E-state index is 12.1. The van der Waals surface area contributed by atoms with Crippen LogP contribution in [0.4, 0.5) is 0 Å². The topological polar surface area (TPSA) is 272 Å². The van der Waals surface area contributed by atoms with Crippen LogP contribution in [-0.4, -0.2) is 103 Å². The Hall–Kier alpha value is -3.76. The molecule has 0 saturated heterocycles. The van der Waals surface area contributed by atoms with Crippen molar-refractivity contribution in [2.24, 2.45) is 27.9 Å². The molecule has 1 amide bonds. The predicted molar refractivity (Wildman–Crippen MR) is 231 cm³/mol. The first-order chi connectivity index (χ1) is 27.1. The van der Waals surface area contributed by atoms with Gasteiger partial charge in [0, 0.05) is 36.5 Å². The zero-order valence-electron chi connectivity index (χ0n) is 34.6. The van der Waals surface area contributed by atoms with E-state index in [1.165, 1.54) is 64.3 Å². The van der Waals surface area contributed by atoms with Gasteiger partial charge in [-0.1, -0.05) is 77.0 Å². The largest absolute Gasteiger partial charge is 0.480 e. The van der Waals surface area contributed by atoms with E-state index in [2.05, 4.69) is 45.1 Å². The molecule has 0 spiro atoms. The van der Waals surface area contributed by atoms with Crippen molar-refractivity contribution in [1.29, 1.82) is 0 Å². The number of rotatable bonds is 32. The first-order valence-electron chi connectivity index (χ1n) is 21.0. The average molecular weight is 791 g/mol. The van der Waals surface area contributed by atoms with Crippen molar-refractivity contribution in [2.75, 3.05) is 52.4 Å². The van der Waals surface area contributed by atoms with Crippen molar-refractivity contribution >= 4 is 34.7 Å². The number of aromatic amines is 1. The molecule has 2 atom stereocenters. The SMILES string of the molecule is CCCCCCCCCC(=O)N[C@@H](Cc1c[nH]c2ccccc12)C(=O)O.CCCCNCCCNCCCCNCCCN.NC(N)=NCCC[C@H](N)C(=O)O. The lowest BCUT2D eigenvalue weighted by Gasteiger charge is -2.14. The summed E-state index contributed by atoms with van der Waals surface area (Å²) in [6, 6.07) is 6.05. The van der Waals surface area contributed by atoms with Gasteiger partial charge in [-0.3, -0.25) is 14.6 Å². The molecule has 2 aromatic rings. The summed E-state index contributed by atoms with van der Waals surface area (Å²) >= 11 is 0. The van der Waals surface area contributed by atoms with Gasteiger partial charge in [0.05, 0.1) is 0 Å². The first kappa shape index (κ1) is 52.2. The van der Waals surface area contributed by atoms with E-state index in [1.54, 1.807) is 0 Å². The van der Waals surface area contributed by atoms with E-state index in [1.807, 2.05) is 30.5 Å². The van der Waals surface area contributed by atoms with Crippen molar-refractivity contribution in [3.63, 3.8) is 0 Å². The summed E-state index contributed by atoms with van der Waals surface area (Å²) in [6.07, 6.45) is 18.8. The highest BCUT2D eigenvalue weighted by Gasteiger charge is 2.21. The maximum absolute atomic E-state index is 12.1. The van der Waals surface area contributed by atoms with E-state index in [0.29, 0.717) is 25.8 Å². The molecule has 1 aromatic carbocycles. The molecule has 0 bridgehead atoms. The van der Waals surface area contributed by atoms with Gasteiger partial charge in [0.15, 0.2) is 5.96 Å². The molecule has 322 valence electrons. The number of para-hydroxylation sites is 1. The number of aliphatic imine (C=N–C) groups is 1. The number of carboxylic acids is 2. The highest BCUT2D eigenvalue weighted by atomic mass is 16.4. The fourth-order valence-electron chi connectivity index (χ4n) is 5.61. The third-order valence-electron chi connectivity index (χ3n) is 8.95. The molecule has 0 aliphatic rings. The Bertz CT molecular complexity index is 1270. The Balaban J connectivity index is 0.000000879. The van der Waals surface area contributed by atoms with Gasteiger partial charge in [0.1, 0.15) is 12.1 Å². The molecule has 15 nitrogen and oxygen atoms in total. The number of carboxylic acid groups (broad SMARTS) is 2. The lowest BCUT2D eigenvalue weighted by molar-refractivity contribution is -0.141. The number of fused-ring (bicyclic) bond motifs is 1. The van der Waals surface area contributed by atoms with Crippen molar-refractivity contribution in [3.05, 3.63) is 36.0 Å². The number of guanidine groups is 1. The van der Waals surface area contributed by atoms with Crippen LogP contribution in [0.2, 0.25) is 0 Å². The van der Waals surface area contributed by atoms with Crippen molar-refractivity contribution in [2.45, 2.75) is 135 Å². The number of hydrogen-bond acceptors (Lipinski definition) is 9. The summed E-state index contributed by atoms with van der Waals surface area (Å²) in [6.45, 7) is 12.4. The van der Waals surface area contributed by atoms with Crippen molar-refractivity contribution < 1.29 is 24.6 Å². The minimum absolute atomic E-state index is 0.0129. The van der Waals surface area contributed by atoms with Gasteiger partial charge in [-0.25, -0.2) is 4.79 Å². The van der Waals surface area contributed by atoms with Crippen LogP contribution < -0.4 is 44.2 Å². The van der Waals surface area contributed by atoms with E-state index in [9.17, 15) is 19.5 Å². The number of aliphatic carboxylic acids is 2. The van der Waals surface area contributed by atoms with E-state index >= 15 is 0 Å². The fourth-order valence-corrected chi connectivity index (χ4v) is 5.61. The zero-order valence-corrected chi connectivity index (χ0v) is 34.6. The van der Waals surface area contributed by atoms with Crippen LogP contribution in [0, 0.1) is 0 Å². The summed E-state index contributed by atoms with van der Waals surface area (Å²) in [4.78, 5) is 40.7. The number of amides is 1. The fraction of sp³-hybridized carbons (Fsp3) is 0.707. The lowest BCUT2D eigenvalue weighted by atomic mass is 10.0. The molecule has 1 heterocycles. The molecule has 56 heavy (non-hydrogen) atoms. The lowest BCUT2D eigenvalue weighted by Crippen LogP contribution is -2.42. The summed E-state index contributed by atoms with van der Waals surface area (Å²) in [7, 11) is 0. The molecule has 0 unspecified atom stereocenters. The number of benzene rings is 1. The third-order valence-corrected chi connectivity index (χ3v) is 8.95. The number of nitrogens with zero attached hydrogens (tertiary/aromatic N) is 1. The summed E-state index contributed by atoms with van der Waals surface area (Å²) < 4.78 is 0. The molecule has 15 N–H and O–H groups in total. The molecule has 0 radical (unpaired) electrons. The van der Waals surface area contributed by atoms with Crippen LogP contribution in [0.25, 0.3) is 10.9 Å². The Morgan fingerprint density at radius 2 is 1.30 bits per heavy atom. The number of nitrogens with one attached hydrogen (secondary N) is 5. The van der Waals surface area contributed by atoms with Gasteiger partial charge in [-0.15, -0.1) is 0 Å². The Morgan fingerprint density at radius 1 is 0.732 bits per heavy atom. The molecular formula is C41H78N10O5. The van der Waals surface area contributed by atoms with Crippen LogP contribution in [-0.2, 0) is 20.8 Å². The van der Waals surface area contributed by atoms with E-state index in [0.717, 1.165) is 81.4 Å². The van der Waals surface area contributed by atoms with Crippen molar-refractivity contribution in [3.8, 4) is 0 Å². The molecule has 0 fully saturated rings. The predicted octanol–water partition coefficient (Wildman–Crippen LogP) is 3.95. The van der Waals surface area contributed by atoms with Gasteiger partial charge in [0.2, 0.25) is 5.91 Å². The van der Waals surface area contributed by atoms with Crippen LogP contribution in [0.1, 0.15) is 122 Å². The minimum atomic E-state index is -1.00. The number of H-pyrrole nitrogens is 1. The van der Waals surface area contributed by atoms with Gasteiger partial charge in [0.25, 0.3) is 0 Å². The van der Waals surface area contributed by atoms with Crippen LogP contribution in [0.3, 0.4) is 0 Å². The summed E-state index contributed by atoms with van der Waals surface area (Å²) in [5.74, 6) is -2.16. The standard InChI is InChI=1S/C21H30N2O3.C14H34N4.C6H14N4O2/c1-2-3-4-5-6-7-8-13-20(24)23-19(21(25)26)14-16-15-22-18-12-10-9-11-17(16)18;1-2-3-9-16-13-7-14-18-11-5-4-10-17-12-6-8-15;7-4(5(11)12)2-1-3-10-6(8)9/h9-12,15,19,22H,2-8,13-14H2,1H3,(H,23,24)(H,25,26);16-18H,2-15H2,1H3;4H,1-3,7H2,(H,11,12)(H4,8,9,10)/t19-;;4-/m0.0/s1. The number of hydrogen-bond donors (Lipinski definition) is 11. The number of nitrogens with two attached hydrogens (primary N) is 4. The molecule has 0 saturated carbocycles. The summed E-state index contributed by atoms with van der Waals surface area (Å²) in [5.41, 5.74) is 22.6. The maximum Gasteiger partial charge on any atom is 0.326 e. The number of carbonyl (C=O) groups excluding carboxylic acids is 1. The molecule has 0 aliphatic carbocycles. The molecular weight excluding hydrogens is 713 g/mol. The normalized spacial score (nSPS) is 11.8. The Labute approximate surface area is 336 Å². The second kappa shape index (κ2) is 36.9. The molecule has 1 aromatic heterocycles. The smallest absolute Gasteiger partial charge is 0.326 e. The van der Waals surface area contributed by atoms with Crippen LogP contribution in [0.15, 0.2) is 35.5 Å². The Kier molecular flexibility index (Phi) is 34.4. The van der Waals surface area contributed by atoms with Gasteiger partial charge < -0.3 is 59.4 Å². The average Bonchev–Trinajstić information content (AvgIpc) is 3.59. The number of aromatic nitrogens is 1. The second-order valence-corrected chi connectivity index (χ2v) is 14.1. The molecule has 15 heteroatoms. The number of carbonyl (C=O) groups is 3.